The maximum absolute atomic E-state index is 12.6. The van der Waals surface area contributed by atoms with Crippen LogP contribution >= 0.6 is 0 Å². The third-order valence-electron chi connectivity index (χ3n) is 4.84. The van der Waals surface area contributed by atoms with E-state index in [1.54, 1.807) is 32.5 Å². The van der Waals surface area contributed by atoms with E-state index in [9.17, 15) is 9.59 Å². The first-order valence-corrected chi connectivity index (χ1v) is 8.69. The Morgan fingerprint density at radius 2 is 2.23 bits per heavy atom. The highest BCUT2D eigenvalue weighted by Gasteiger charge is 2.24. The van der Waals surface area contributed by atoms with Gasteiger partial charge in [0.25, 0.3) is 11.5 Å². The Morgan fingerprint density at radius 1 is 1.42 bits per heavy atom. The van der Waals surface area contributed by atoms with Crippen molar-refractivity contribution in [2.45, 2.75) is 13.3 Å². The highest BCUT2D eigenvalue weighted by Crippen LogP contribution is 2.23. The molecule has 0 radical (unpaired) electrons. The summed E-state index contributed by atoms with van der Waals surface area (Å²) in [6.45, 7) is 4.13. The zero-order valence-corrected chi connectivity index (χ0v) is 15.4. The second-order valence-corrected chi connectivity index (χ2v) is 6.64. The molecule has 1 saturated heterocycles. The smallest absolute Gasteiger partial charge is 0.268 e. The van der Waals surface area contributed by atoms with Crippen LogP contribution in [0.2, 0.25) is 0 Å². The number of amides is 1. The van der Waals surface area contributed by atoms with Crippen molar-refractivity contribution in [3.8, 4) is 5.75 Å². The molecular formula is C19H24N4O3. The monoisotopic (exact) mass is 356 g/mol. The van der Waals surface area contributed by atoms with E-state index in [4.69, 9.17) is 4.74 Å². The fourth-order valence-corrected chi connectivity index (χ4v) is 3.29. The Kier molecular flexibility index (Phi) is 5.25. The van der Waals surface area contributed by atoms with Gasteiger partial charge in [0.05, 0.1) is 24.6 Å². The van der Waals surface area contributed by atoms with Gasteiger partial charge in [-0.3, -0.25) is 9.59 Å². The molecule has 7 nitrogen and oxygen atoms in total. The first kappa shape index (κ1) is 18.0. The number of nitrogens with one attached hydrogen (secondary N) is 1. The van der Waals surface area contributed by atoms with Gasteiger partial charge < -0.3 is 15.0 Å². The third-order valence-corrected chi connectivity index (χ3v) is 4.84. The summed E-state index contributed by atoms with van der Waals surface area (Å²) in [5.74, 6) is 0.799. The predicted molar refractivity (Wildman–Crippen MR) is 99.9 cm³/mol. The first-order chi connectivity index (χ1) is 12.5. The Bertz CT molecular complexity index is 862. The number of methoxy groups -OCH3 is 1. The van der Waals surface area contributed by atoms with Gasteiger partial charge in [0.2, 0.25) is 0 Å². The van der Waals surface area contributed by atoms with Crippen LogP contribution < -0.4 is 20.5 Å². The van der Waals surface area contributed by atoms with Crippen molar-refractivity contribution in [3.63, 3.8) is 0 Å². The number of ether oxygens (including phenoxy) is 1. The molecule has 0 unspecified atom stereocenters. The topological polar surface area (TPSA) is 76.5 Å². The SMILES string of the molecule is COc1cccc(C)c1C(=O)NC[C@@H]1CCN(c2cnn(C)c(=O)c2)C1. The van der Waals surface area contributed by atoms with Crippen molar-refractivity contribution in [1.29, 1.82) is 0 Å². The molecule has 0 spiro atoms. The van der Waals surface area contributed by atoms with Crippen molar-refractivity contribution >= 4 is 11.6 Å². The molecule has 138 valence electrons. The number of aryl methyl sites for hydroxylation is 2. The average Bonchev–Trinajstić information content (AvgIpc) is 3.10. The Hall–Kier alpha value is -2.83. The van der Waals surface area contributed by atoms with Crippen molar-refractivity contribution < 1.29 is 9.53 Å². The molecule has 7 heteroatoms. The number of carbonyl (C=O) groups excluding carboxylic acids is 1. The molecule has 2 heterocycles. The quantitative estimate of drug-likeness (QED) is 0.875. The maximum atomic E-state index is 12.6. The summed E-state index contributed by atoms with van der Waals surface area (Å²) in [4.78, 5) is 26.5. The molecule has 0 saturated carbocycles. The lowest BCUT2D eigenvalue weighted by molar-refractivity contribution is 0.0944. The van der Waals surface area contributed by atoms with E-state index in [-0.39, 0.29) is 11.5 Å². The maximum Gasteiger partial charge on any atom is 0.268 e. The lowest BCUT2D eigenvalue weighted by atomic mass is 10.1. The van der Waals surface area contributed by atoms with Crippen molar-refractivity contribution in [1.82, 2.24) is 15.1 Å². The van der Waals surface area contributed by atoms with Crippen LogP contribution in [0.3, 0.4) is 0 Å². The van der Waals surface area contributed by atoms with Gasteiger partial charge in [-0.1, -0.05) is 12.1 Å². The summed E-state index contributed by atoms with van der Waals surface area (Å²) in [5, 5.41) is 7.09. The van der Waals surface area contributed by atoms with Crippen LogP contribution in [0.25, 0.3) is 0 Å². The molecule has 1 atom stereocenters. The second-order valence-electron chi connectivity index (χ2n) is 6.64. The summed E-state index contributed by atoms with van der Waals surface area (Å²) in [7, 11) is 3.20. The minimum atomic E-state index is -0.120. The number of carbonyl (C=O) groups is 1. The average molecular weight is 356 g/mol. The molecule has 0 bridgehead atoms. The molecule has 1 aromatic heterocycles. The van der Waals surface area contributed by atoms with Gasteiger partial charge in [-0.25, -0.2) is 4.68 Å². The summed E-state index contributed by atoms with van der Waals surface area (Å²) in [6, 6.07) is 7.17. The van der Waals surface area contributed by atoms with Crippen LogP contribution in [-0.4, -0.2) is 42.4 Å². The Labute approximate surface area is 152 Å². The number of aromatic nitrogens is 2. The van der Waals surface area contributed by atoms with Crippen LogP contribution in [0.1, 0.15) is 22.3 Å². The van der Waals surface area contributed by atoms with E-state index in [1.807, 2.05) is 19.1 Å². The molecule has 1 amide bonds. The zero-order valence-electron chi connectivity index (χ0n) is 15.4. The molecule has 1 aliphatic rings. The molecule has 1 aliphatic heterocycles. The van der Waals surface area contributed by atoms with Gasteiger partial charge >= 0.3 is 0 Å². The van der Waals surface area contributed by atoms with Crippen LogP contribution in [0.4, 0.5) is 5.69 Å². The summed E-state index contributed by atoms with van der Waals surface area (Å²) in [5.41, 5.74) is 2.19. The number of rotatable bonds is 5. The minimum absolute atomic E-state index is 0.117. The van der Waals surface area contributed by atoms with Gasteiger partial charge in [0, 0.05) is 32.7 Å². The lowest BCUT2D eigenvalue weighted by Crippen LogP contribution is -2.32. The molecule has 26 heavy (non-hydrogen) atoms. The van der Waals surface area contributed by atoms with E-state index >= 15 is 0 Å². The van der Waals surface area contributed by atoms with Crippen LogP contribution in [-0.2, 0) is 7.05 Å². The molecule has 1 fully saturated rings. The Morgan fingerprint density at radius 3 is 2.96 bits per heavy atom. The molecule has 3 rings (SSSR count). The second kappa shape index (κ2) is 7.59. The highest BCUT2D eigenvalue weighted by atomic mass is 16.5. The highest BCUT2D eigenvalue weighted by molar-refractivity contribution is 5.98. The fraction of sp³-hybridized carbons (Fsp3) is 0.421. The van der Waals surface area contributed by atoms with E-state index in [0.29, 0.717) is 23.8 Å². The summed E-state index contributed by atoms with van der Waals surface area (Å²) in [6.07, 6.45) is 2.67. The summed E-state index contributed by atoms with van der Waals surface area (Å²) < 4.78 is 6.62. The largest absolute Gasteiger partial charge is 0.496 e. The molecule has 2 aromatic rings. The number of benzene rings is 1. The van der Waals surface area contributed by atoms with E-state index in [2.05, 4.69) is 15.3 Å². The first-order valence-electron chi connectivity index (χ1n) is 8.69. The van der Waals surface area contributed by atoms with Gasteiger partial charge in [0.1, 0.15) is 5.75 Å². The van der Waals surface area contributed by atoms with Crippen molar-refractivity contribution in [2.75, 3.05) is 31.6 Å². The van der Waals surface area contributed by atoms with E-state index < -0.39 is 0 Å². The van der Waals surface area contributed by atoms with Gasteiger partial charge in [-0.05, 0) is 30.9 Å². The third kappa shape index (κ3) is 3.71. The predicted octanol–water partition coefficient (Wildman–Crippen LogP) is 1.35. The zero-order chi connectivity index (χ0) is 18.7. The van der Waals surface area contributed by atoms with Crippen molar-refractivity contribution in [3.05, 3.63) is 51.9 Å². The fourth-order valence-electron chi connectivity index (χ4n) is 3.29. The lowest BCUT2D eigenvalue weighted by Gasteiger charge is -2.18. The summed E-state index contributed by atoms with van der Waals surface area (Å²) >= 11 is 0. The number of hydrogen-bond acceptors (Lipinski definition) is 5. The van der Waals surface area contributed by atoms with Gasteiger partial charge in [-0.2, -0.15) is 5.10 Å². The van der Waals surface area contributed by atoms with Gasteiger partial charge in [-0.15, -0.1) is 0 Å². The molecular weight excluding hydrogens is 332 g/mol. The number of nitrogens with zero attached hydrogens (tertiary/aromatic N) is 3. The molecule has 1 N–H and O–H groups in total. The number of hydrogen-bond donors (Lipinski definition) is 1. The normalized spacial score (nSPS) is 16.6. The number of anilines is 1. The van der Waals surface area contributed by atoms with E-state index in [0.717, 1.165) is 30.8 Å². The molecule has 1 aromatic carbocycles. The van der Waals surface area contributed by atoms with E-state index in [1.165, 1.54) is 4.68 Å². The van der Waals surface area contributed by atoms with Crippen LogP contribution in [0, 0.1) is 12.8 Å². The van der Waals surface area contributed by atoms with Crippen LogP contribution in [0.15, 0.2) is 35.3 Å². The Balaban J connectivity index is 1.60. The van der Waals surface area contributed by atoms with Gasteiger partial charge in [0.15, 0.2) is 0 Å². The minimum Gasteiger partial charge on any atom is -0.496 e. The van der Waals surface area contributed by atoms with Crippen LogP contribution in [0.5, 0.6) is 5.75 Å². The standard InChI is InChI=1S/C19H24N4O3/c1-13-5-4-6-16(26-3)18(13)19(25)20-10-14-7-8-23(12-14)15-9-17(24)22(2)21-11-15/h4-6,9,11,14H,7-8,10,12H2,1-3H3,(H,20,25)/t14-/m0/s1. The molecule has 0 aliphatic carbocycles. The van der Waals surface area contributed by atoms with Crippen molar-refractivity contribution in [2.24, 2.45) is 13.0 Å².